The smallest absolute Gasteiger partial charge is 0.274 e. The third-order valence-electron chi connectivity index (χ3n) is 4.45. The van der Waals surface area contributed by atoms with Gasteiger partial charge in [-0.05, 0) is 37.3 Å². The molecule has 1 aromatic heterocycles. The summed E-state index contributed by atoms with van der Waals surface area (Å²) in [4.78, 5) is 16.0. The van der Waals surface area contributed by atoms with Crippen molar-refractivity contribution in [3.63, 3.8) is 0 Å². The molecule has 0 bridgehead atoms. The van der Waals surface area contributed by atoms with Crippen LogP contribution in [0.15, 0.2) is 36.5 Å². The van der Waals surface area contributed by atoms with Gasteiger partial charge in [-0.1, -0.05) is 0 Å². The van der Waals surface area contributed by atoms with E-state index >= 15 is 0 Å². The summed E-state index contributed by atoms with van der Waals surface area (Å²) in [5.41, 5.74) is -2.00. The lowest BCUT2D eigenvalue weighted by Gasteiger charge is -2.42. The summed E-state index contributed by atoms with van der Waals surface area (Å²) in [6.07, 6.45) is 0.883. The lowest BCUT2D eigenvalue weighted by atomic mass is 10.0. The molecule has 12 heteroatoms. The molecule has 1 fully saturated rings. The average Bonchev–Trinajstić information content (AvgIpc) is 2.68. The Hall–Kier alpha value is -3.12. The monoisotopic (exact) mass is 439 g/mol. The first kappa shape index (κ1) is 21.6. The molecule has 1 unspecified atom stereocenters. The van der Waals surface area contributed by atoms with Crippen LogP contribution in [0.4, 0.5) is 14.5 Å². The maximum absolute atomic E-state index is 14.7. The van der Waals surface area contributed by atoms with Crippen molar-refractivity contribution in [1.82, 2.24) is 14.6 Å². The fourth-order valence-corrected chi connectivity index (χ4v) is 4.31. The van der Waals surface area contributed by atoms with Crippen LogP contribution in [0.3, 0.4) is 0 Å². The predicted octanol–water partition coefficient (Wildman–Crippen LogP) is 1.60. The molecular weight excluding hydrogens is 420 g/mol. The average molecular weight is 439 g/mol. The zero-order valence-corrected chi connectivity index (χ0v) is 16.9. The van der Waals surface area contributed by atoms with Gasteiger partial charge in [0.05, 0.1) is 6.20 Å². The Morgan fingerprint density at radius 1 is 1.37 bits per heavy atom. The summed E-state index contributed by atoms with van der Waals surface area (Å²) in [6.45, 7) is 1.62. The second-order valence-electron chi connectivity index (χ2n) is 6.47. The number of nitrogens with one attached hydrogen (secondary N) is 3. The number of ether oxygens (including phenoxy) is 1. The molecule has 1 atom stereocenters. The predicted molar refractivity (Wildman–Crippen MR) is 104 cm³/mol. The van der Waals surface area contributed by atoms with E-state index in [0.717, 1.165) is 22.6 Å². The molecule has 9 nitrogen and oxygen atoms in total. The van der Waals surface area contributed by atoms with Crippen LogP contribution in [0.1, 0.15) is 23.0 Å². The van der Waals surface area contributed by atoms with Crippen molar-refractivity contribution in [3.05, 3.63) is 59.4 Å². The number of hydrogen-bond donors (Lipinski definition) is 3. The molecular formula is C18H19F2N5O4S. The Kier molecular flexibility index (Phi) is 5.72. The Balaban J connectivity index is 1.99. The number of rotatable bonds is 5. The highest BCUT2D eigenvalue weighted by Crippen LogP contribution is 2.33. The molecule has 1 aliphatic heterocycles. The highest BCUT2D eigenvalue weighted by atomic mass is 32.2. The number of sulfonamides is 1. The van der Waals surface area contributed by atoms with Crippen molar-refractivity contribution in [2.24, 2.45) is 0 Å². The van der Waals surface area contributed by atoms with Gasteiger partial charge >= 0.3 is 0 Å². The molecule has 3 N–H and O–H groups in total. The number of halogens is 2. The van der Waals surface area contributed by atoms with E-state index in [-0.39, 0.29) is 23.6 Å². The van der Waals surface area contributed by atoms with Crippen LogP contribution in [0, 0.1) is 17.0 Å². The van der Waals surface area contributed by atoms with Crippen LogP contribution in [0.25, 0.3) is 0 Å². The minimum atomic E-state index is -3.97. The summed E-state index contributed by atoms with van der Waals surface area (Å²) in [5.74, 6) is -3.22. The number of carbonyl (C=O) groups is 1. The van der Waals surface area contributed by atoms with Gasteiger partial charge < -0.3 is 15.4 Å². The number of benzene rings is 1. The summed E-state index contributed by atoms with van der Waals surface area (Å²) in [7, 11) is -2.77. The van der Waals surface area contributed by atoms with E-state index in [1.54, 1.807) is 6.92 Å². The number of guanidine groups is 1. The third kappa shape index (κ3) is 4.09. The van der Waals surface area contributed by atoms with Crippen molar-refractivity contribution in [2.45, 2.75) is 12.6 Å². The zero-order chi connectivity index (χ0) is 22.1. The Labute approximate surface area is 171 Å². The van der Waals surface area contributed by atoms with Crippen LogP contribution in [0.2, 0.25) is 0 Å². The van der Waals surface area contributed by atoms with Gasteiger partial charge in [0, 0.05) is 24.9 Å². The molecule has 1 amide bonds. The van der Waals surface area contributed by atoms with Crippen LogP contribution < -0.4 is 10.6 Å². The van der Waals surface area contributed by atoms with E-state index in [9.17, 15) is 22.0 Å². The highest BCUT2D eigenvalue weighted by Gasteiger charge is 2.47. The van der Waals surface area contributed by atoms with Crippen LogP contribution >= 0.6 is 0 Å². The zero-order valence-electron chi connectivity index (χ0n) is 16.1. The number of nitrogens with zero attached hydrogens (tertiary/aromatic N) is 2. The van der Waals surface area contributed by atoms with E-state index in [1.165, 1.54) is 25.2 Å². The third-order valence-corrected chi connectivity index (χ3v) is 6.24. The van der Waals surface area contributed by atoms with Crippen molar-refractivity contribution < 1.29 is 26.7 Å². The van der Waals surface area contributed by atoms with Crippen molar-refractivity contribution >= 4 is 27.6 Å². The standard InChI is InChI=1S/C18H19F2N5O4S/c1-3-29-18(10-30(27,28)25(2)17(21)24-18)13-8-12(5-6-14(13)20)23-16(26)15-7-4-11(19)9-22-15/h4-9H,3,10H2,1-2H3,(H2,21,24)(H,23,26). The SMILES string of the molecule is CCOC1(c2cc(NC(=O)c3ccc(F)cn3)ccc2F)CS(=O)(=O)N(C)C(=N)N1. The number of amides is 1. The fourth-order valence-electron chi connectivity index (χ4n) is 2.96. The molecule has 160 valence electrons. The molecule has 2 aromatic rings. The van der Waals surface area contributed by atoms with E-state index < -0.39 is 45.0 Å². The Morgan fingerprint density at radius 2 is 2.10 bits per heavy atom. The Morgan fingerprint density at radius 3 is 2.70 bits per heavy atom. The molecule has 0 aliphatic carbocycles. The van der Waals surface area contributed by atoms with Gasteiger partial charge in [0.15, 0.2) is 5.72 Å². The normalized spacial score (nSPS) is 20.5. The lowest BCUT2D eigenvalue weighted by Crippen LogP contribution is -2.63. The quantitative estimate of drug-likeness (QED) is 0.650. The van der Waals surface area contributed by atoms with Gasteiger partial charge in [-0.2, -0.15) is 0 Å². The molecule has 30 heavy (non-hydrogen) atoms. The molecule has 0 spiro atoms. The molecule has 1 aromatic carbocycles. The van der Waals surface area contributed by atoms with E-state index in [4.69, 9.17) is 10.1 Å². The molecule has 1 aliphatic rings. The second kappa shape index (κ2) is 7.95. The minimum Gasteiger partial charge on any atom is -0.350 e. The number of hydrogen-bond acceptors (Lipinski definition) is 6. The summed E-state index contributed by atoms with van der Waals surface area (Å²) >= 11 is 0. The van der Waals surface area contributed by atoms with Gasteiger partial charge in [-0.15, -0.1) is 0 Å². The fraction of sp³-hybridized carbons (Fsp3) is 0.278. The molecule has 1 saturated heterocycles. The van der Waals surface area contributed by atoms with Crippen LogP contribution in [-0.4, -0.2) is 49.0 Å². The Bertz CT molecular complexity index is 1090. The summed E-state index contributed by atoms with van der Waals surface area (Å²) in [5, 5.41) is 13.0. The van der Waals surface area contributed by atoms with Gasteiger partial charge in [0.1, 0.15) is 23.1 Å². The van der Waals surface area contributed by atoms with Gasteiger partial charge in [0.25, 0.3) is 5.91 Å². The van der Waals surface area contributed by atoms with E-state index in [0.29, 0.717) is 0 Å². The first-order valence-corrected chi connectivity index (χ1v) is 10.4. The van der Waals surface area contributed by atoms with Crippen molar-refractivity contribution in [1.29, 1.82) is 5.41 Å². The molecule has 0 saturated carbocycles. The first-order valence-electron chi connectivity index (χ1n) is 8.78. The van der Waals surface area contributed by atoms with Crippen molar-refractivity contribution in [2.75, 3.05) is 24.7 Å². The number of anilines is 1. The molecule has 3 rings (SSSR count). The summed E-state index contributed by atoms with van der Waals surface area (Å²) in [6, 6.07) is 5.78. The lowest BCUT2D eigenvalue weighted by molar-refractivity contribution is -0.0459. The number of aromatic nitrogens is 1. The largest absolute Gasteiger partial charge is 0.350 e. The van der Waals surface area contributed by atoms with E-state index in [2.05, 4.69) is 15.6 Å². The number of pyridine rings is 1. The maximum atomic E-state index is 14.7. The second-order valence-corrected chi connectivity index (χ2v) is 8.47. The van der Waals surface area contributed by atoms with Crippen molar-refractivity contribution in [3.8, 4) is 0 Å². The highest BCUT2D eigenvalue weighted by molar-refractivity contribution is 7.89. The topological polar surface area (TPSA) is 124 Å². The summed E-state index contributed by atoms with van der Waals surface area (Å²) < 4.78 is 59.0. The van der Waals surface area contributed by atoms with E-state index in [1.807, 2.05) is 0 Å². The van der Waals surface area contributed by atoms with Crippen LogP contribution in [-0.2, 0) is 20.5 Å². The van der Waals surface area contributed by atoms with Gasteiger partial charge in [-0.25, -0.2) is 26.5 Å². The van der Waals surface area contributed by atoms with Gasteiger partial charge in [-0.3, -0.25) is 10.2 Å². The molecule has 2 heterocycles. The van der Waals surface area contributed by atoms with Gasteiger partial charge in [0.2, 0.25) is 16.0 Å². The maximum Gasteiger partial charge on any atom is 0.274 e. The number of carbonyl (C=O) groups excluding carboxylic acids is 1. The first-order chi connectivity index (χ1) is 14.1. The minimum absolute atomic E-state index is 0.0229. The van der Waals surface area contributed by atoms with Crippen LogP contribution in [0.5, 0.6) is 0 Å². The molecule has 0 radical (unpaired) electrons.